The summed E-state index contributed by atoms with van der Waals surface area (Å²) < 4.78 is 1.86. The summed E-state index contributed by atoms with van der Waals surface area (Å²) in [6.45, 7) is 0. The Kier molecular flexibility index (Phi) is 3.08. The first-order chi connectivity index (χ1) is 10.3. The highest BCUT2D eigenvalue weighted by Gasteiger charge is 2.55. The van der Waals surface area contributed by atoms with Gasteiger partial charge in [0.05, 0.1) is 6.20 Å². The smallest absolute Gasteiger partial charge is 0.0522 e. The zero-order valence-electron chi connectivity index (χ0n) is 12.4. The topological polar surface area (TPSA) is 55.9 Å². The Morgan fingerprint density at radius 2 is 2.29 bits per heavy atom. The SMILES string of the molecule is Cn1cc(CC(NN)C2C3CCc4ccccc4C32)cn1. The quantitative estimate of drug-likeness (QED) is 0.664. The Balaban J connectivity index is 1.54. The average Bonchev–Trinajstić information content (AvgIpc) is 3.11. The molecule has 4 atom stereocenters. The average molecular weight is 282 g/mol. The molecular formula is C17H22N4. The molecule has 2 aromatic rings. The molecule has 0 amide bonds. The van der Waals surface area contributed by atoms with E-state index in [9.17, 15) is 0 Å². The van der Waals surface area contributed by atoms with E-state index in [2.05, 4.69) is 41.0 Å². The van der Waals surface area contributed by atoms with Crippen molar-refractivity contribution in [2.45, 2.75) is 31.2 Å². The summed E-state index contributed by atoms with van der Waals surface area (Å²) in [5.74, 6) is 8.04. The van der Waals surface area contributed by atoms with Crippen LogP contribution in [-0.4, -0.2) is 15.8 Å². The number of nitrogens with two attached hydrogens (primary N) is 1. The monoisotopic (exact) mass is 282 g/mol. The Morgan fingerprint density at radius 1 is 1.43 bits per heavy atom. The van der Waals surface area contributed by atoms with Gasteiger partial charge in [-0.15, -0.1) is 0 Å². The second kappa shape index (κ2) is 4.97. The number of fused-ring (bicyclic) bond motifs is 3. The molecule has 4 unspecified atom stereocenters. The minimum Gasteiger partial charge on any atom is -0.276 e. The van der Waals surface area contributed by atoms with Gasteiger partial charge in [-0.05, 0) is 53.7 Å². The molecule has 0 radical (unpaired) electrons. The van der Waals surface area contributed by atoms with Crippen LogP contribution in [0.15, 0.2) is 36.7 Å². The van der Waals surface area contributed by atoms with Gasteiger partial charge in [0.1, 0.15) is 0 Å². The van der Waals surface area contributed by atoms with Gasteiger partial charge < -0.3 is 0 Å². The summed E-state index contributed by atoms with van der Waals surface area (Å²) >= 11 is 0. The molecule has 1 saturated carbocycles. The van der Waals surface area contributed by atoms with Crippen LogP contribution in [0.1, 0.15) is 29.0 Å². The van der Waals surface area contributed by atoms with Crippen LogP contribution in [0.25, 0.3) is 0 Å². The third-order valence-electron chi connectivity index (χ3n) is 5.28. The number of hydrazine groups is 1. The van der Waals surface area contributed by atoms with Gasteiger partial charge >= 0.3 is 0 Å². The molecular weight excluding hydrogens is 260 g/mol. The first-order valence-corrected chi connectivity index (χ1v) is 7.79. The predicted molar refractivity (Wildman–Crippen MR) is 82.5 cm³/mol. The van der Waals surface area contributed by atoms with Gasteiger partial charge in [-0.1, -0.05) is 24.3 Å². The van der Waals surface area contributed by atoms with E-state index in [1.807, 2.05) is 17.9 Å². The molecule has 1 fully saturated rings. The second-order valence-electron chi connectivity index (χ2n) is 6.50. The maximum atomic E-state index is 5.87. The van der Waals surface area contributed by atoms with Crippen LogP contribution in [0.3, 0.4) is 0 Å². The van der Waals surface area contributed by atoms with Crippen molar-refractivity contribution in [1.29, 1.82) is 0 Å². The Labute approximate surface area is 125 Å². The Morgan fingerprint density at radius 3 is 3.05 bits per heavy atom. The van der Waals surface area contributed by atoms with E-state index < -0.39 is 0 Å². The lowest BCUT2D eigenvalue weighted by Crippen LogP contribution is -2.39. The lowest BCUT2D eigenvalue weighted by atomic mass is 9.92. The molecule has 1 heterocycles. The molecule has 4 nitrogen and oxygen atoms in total. The van der Waals surface area contributed by atoms with Crippen molar-refractivity contribution in [1.82, 2.24) is 15.2 Å². The highest BCUT2D eigenvalue weighted by atomic mass is 15.3. The molecule has 0 saturated heterocycles. The van der Waals surface area contributed by atoms with Crippen LogP contribution >= 0.6 is 0 Å². The van der Waals surface area contributed by atoms with E-state index >= 15 is 0 Å². The molecule has 3 N–H and O–H groups in total. The minimum atomic E-state index is 0.343. The third-order valence-corrected chi connectivity index (χ3v) is 5.28. The normalized spacial score (nSPS) is 27.8. The zero-order chi connectivity index (χ0) is 14.4. The molecule has 110 valence electrons. The lowest BCUT2D eigenvalue weighted by molar-refractivity contribution is 0.441. The lowest BCUT2D eigenvalue weighted by Gasteiger charge is -2.15. The fourth-order valence-corrected chi connectivity index (χ4v) is 4.31. The number of aromatic nitrogens is 2. The van der Waals surface area contributed by atoms with E-state index in [0.717, 1.165) is 12.3 Å². The third kappa shape index (κ3) is 2.19. The summed E-state index contributed by atoms with van der Waals surface area (Å²) in [6, 6.07) is 9.26. The first-order valence-electron chi connectivity index (χ1n) is 7.79. The van der Waals surface area contributed by atoms with Crippen molar-refractivity contribution < 1.29 is 0 Å². The summed E-state index contributed by atoms with van der Waals surface area (Å²) in [5, 5.41) is 4.26. The summed E-state index contributed by atoms with van der Waals surface area (Å²) in [5.41, 5.74) is 7.43. The number of hydrogen-bond acceptors (Lipinski definition) is 3. The first kappa shape index (κ1) is 13.0. The number of nitrogens with one attached hydrogen (secondary N) is 1. The summed E-state index contributed by atoms with van der Waals surface area (Å²) in [4.78, 5) is 0. The van der Waals surface area contributed by atoms with Gasteiger partial charge in [0.2, 0.25) is 0 Å². The molecule has 1 aromatic heterocycles. The van der Waals surface area contributed by atoms with E-state index in [0.29, 0.717) is 17.9 Å². The Hall–Kier alpha value is -1.65. The van der Waals surface area contributed by atoms with Crippen molar-refractivity contribution in [3.8, 4) is 0 Å². The number of rotatable bonds is 4. The standard InChI is InChI=1S/C17H22N4/c1-21-10-11(9-19-21)8-15(20-18)17-14-7-6-12-4-2-3-5-13(12)16(14)17/h2-5,9-10,14-17,20H,6-8,18H2,1H3. The summed E-state index contributed by atoms with van der Waals surface area (Å²) in [7, 11) is 1.96. The van der Waals surface area contributed by atoms with Gasteiger partial charge in [-0.3, -0.25) is 16.0 Å². The molecule has 21 heavy (non-hydrogen) atoms. The maximum Gasteiger partial charge on any atom is 0.0522 e. The van der Waals surface area contributed by atoms with Crippen molar-refractivity contribution in [2.75, 3.05) is 0 Å². The van der Waals surface area contributed by atoms with Crippen LogP contribution in [0.5, 0.6) is 0 Å². The number of aryl methyl sites for hydroxylation is 2. The van der Waals surface area contributed by atoms with E-state index in [-0.39, 0.29) is 0 Å². The molecule has 0 aliphatic heterocycles. The molecule has 4 heteroatoms. The number of nitrogens with zero attached hydrogens (tertiary/aromatic N) is 2. The zero-order valence-corrected chi connectivity index (χ0v) is 12.4. The van der Waals surface area contributed by atoms with Gasteiger partial charge in [0.25, 0.3) is 0 Å². The van der Waals surface area contributed by atoms with Crippen LogP contribution in [0, 0.1) is 11.8 Å². The van der Waals surface area contributed by atoms with Crippen molar-refractivity contribution in [2.24, 2.45) is 24.7 Å². The number of hydrogen-bond donors (Lipinski definition) is 2. The number of benzene rings is 1. The van der Waals surface area contributed by atoms with Crippen molar-refractivity contribution >= 4 is 0 Å². The van der Waals surface area contributed by atoms with Gasteiger partial charge in [0.15, 0.2) is 0 Å². The summed E-state index contributed by atoms with van der Waals surface area (Å²) in [6.07, 6.45) is 7.52. The van der Waals surface area contributed by atoms with Crippen LogP contribution in [0.2, 0.25) is 0 Å². The molecule has 2 aliphatic carbocycles. The van der Waals surface area contributed by atoms with Crippen molar-refractivity contribution in [3.05, 3.63) is 53.3 Å². The van der Waals surface area contributed by atoms with Crippen LogP contribution in [-0.2, 0) is 19.9 Å². The molecule has 0 spiro atoms. The van der Waals surface area contributed by atoms with E-state index in [4.69, 9.17) is 5.84 Å². The fourth-order valence-electron chi connectivity index (χ4n) is 4.31. The predicted octanol–water partition coefficient (Wildman–Crippen LogP) is 1.77. The van der Waals surface area contributed by atoms with Gasteiger partial charge in [-0.25, -0.2) is 0 Å². The fraction of sp³-hybridized carbons (Fsp3) is 0.471. The van der Waals surface area contributed by atoms with Crippen molar-refractivity contribution in [3.63, 3.8) is 0 Å². The largest absolute Gasteiger partial charge is 0.276 e. The molecule has 2 aliphatic rings. The molecule has 4 rings (SSSR count). The molecule has 1 aromatic carbocycles. The Bertz CT molecular complexity index is 648. The van der Waals surface area contributed by atoms with E-state index in [1.165, 1.54) is 18.4 Å². The van der Waals surface area contributed by atoms with Gasteiger partial charge in [-0.2, -0.15) is 5.10 Å². The minimum absolute atomic E-state index is 0.343. The van der Waals surface area contributed by atoms with Crippen LogP contribution < -0.4 is 11.3 Å². The molecule has 0 bridgehead atoms. The van der Waals surface area contributed by atoms with Crippen LogP contribution in [0.4, 0.5) is 0 Å². The van der Waals surface area contributed by atoms with Gasteiger partial charge in [0, 0.05) is 19.3 Å². The highest BCUT2D eigenvalue weighted by Crippen LogP contribution is 2.61. The maximum absolute atomic E-state index is 5.87. The van der Waals surface area contributed by atoms with E-state index in [1.54, 1.807) is 11.1 Å². The second-order valence-corrected chi connectivity index (χ2v) is 6.50. The highest BCUT2D eigenvalue weighted by molar-refractivity contribution is 5.40.